The molecule has 138 valence electrons. The van der Waals surface area contributed by atoms with Crippen LogP contribution in [0.4, 0.5) is 16.4 Å². The lowest BCUT2D eigenvalue weighted by atomic mass is 10.0. The van der Waals surface area contributed by atoms with Gasteiger partial charge < -0.3 is 15.4 Å². The summed E-state index contributed by atoms with van der Waals surface area (Å²) in [6.07, 6.45) is 7.79. The zero-order valence-corrected chi connectivity index (χ0v) is 15.1. The fourth-order valence-electron chi connectivity index (χ4n) is 3.27. The first kappa shape index (κ1) is 16.8. The van der Waals surface area contributed by atoms with Gasteiger partial charge in [0, 0.05) is 23.2 Å². The molecule has 4 rings (SSSR count). The van der Waals surface area contributed by atoms with E-state index in [2.05, 4.69) is 30.8 Å². The van der Waals surface area contributed by atoms with Crippen LogP contribution in [-0.2, 0) is 4.74 Å². The molecule has 0 saturated heterocycles. The summed E-state index contributed by atoms with van der Waals surface area (Å²) < 4.78 is 5.57. The van der Waals surface area contributed by atoms with Crippen LogP contribution >= 0.6 is 0 Å². The van der Waals surface area contributed by atoms with Crippen molar-refractivity contribution in [3.8, 4) is 0 Å². The van der Waals surface area contributed by atoms with Gasteiger partial charge in [0.15, 0.2) is 5.82 Å². The van der Waals surface area contributed by atoms with Crippen LogP contribution < -0.4 is 10.6 Å². The largest absolute Gasteiger partial charge is 0.446 e. The Morgan fingerprint density at radius 2 is 2.12 bits per heavy atom. The van der Waals surface area contributed by atoms with Gasteiger partial charge in [0.05, 0.1) is 18.1 Å². The average molecular weight is 356 g/mol. The number of hydrogen-bond donors (Lipinski definition) is 3. The predicted octanol–water partition coefficient (Wildman–Crippen LogP) is 3.17. The Hall–Kier alpha value is -2.64. The number of rotatable bonds is 5. The van der Waals surface area contributed by atoms with Gasteiger partial charge >= 0.3 is 6.09 Å². The molecule has 0 spiro atoms. The maximum Gasteiger partial charge on any atom is 0.407 e. The summed E-state index contributed by atoms with van der Waals surface area (Å²) >= 11 is 0. The highest BCUT2D eigenvalue weighted by atomic mass is 16.6. The van der Waals surface area contributed by atoms with Crippen molar-refractivity contribution in [1.82, 2.24) is 25.5 Å². The Kier molecular flexibility index (Phi) is 4.26. The van der Waals surface area contributed by atoms with Crippen molar-refractivity contribution in [2.24, 2.45) is 0 Å². The van der Waals surface area contributed by atoms with Crippen molar-refractivity contribution >= 4 is 17.7 Å². The third-order valence-corrected chi connectivity index (χ3v) is 5.14. The fraction of sp³-hybridized carbons (Fsp3) is 0.556. The summed E-state index contributed by atoms with van der Waals surface area (Å²) in [7, 11) is 0. The van der Waals surface area contributed by atoms with Crippen LogP contribution in [0.25, 0.3) is 0 Å². The number of carbonyl (C=O) groups is 1. The predicted molar refractivity (Wildman–Crippen MR) is 96.3 cm³/mol. The summed E-state index contributed by atoms with van der Waals surface area (Å²) in [5, 5.41) is 13.5. The molecule has 2 saturated carbocycles. The average Bonchev–Trinajstić information content (AvgIpc) is 3.01. The van der Waals surface area contributed by atoms with Crippen molar-refractivity contribution in [1.29, 1.82) is 0 Å². The minimum Gasteiger partial charge on any atom is -0.446 e. The number of hydrogen-bond acceptors (Lipinski definition) is 6. The van der Waals surface area contributed by atoms with E-state index in [1.165, 1.54) is 0 Å². The van der Waals surface area contributed by atoms with E-state index in [0.29, 0.717) is 17.6 Å². The molecule has 0 aliphatic heterocycles. The first-order chi connectivity index (χ1) is 12.5. The number of alkyl carbamates (subject to hydrolysis) is 1. The van der Waals surface area contributed by atoms with Gasteiger partial charge in [-0.3, -0.25) is 10.1 Å². The molecule has 2 fully saturated rings. The molecule has 2 aromatic rings. The van der Waals surface area contributed by atoms with Gasteiger partial charge in [0.25, 0.3) is 0 Å². The lowest BCUT2D eigenvalue weighted by molar-refractivity contribution is 0.0967. The molecule has 8 heteroatoms. The summed E-state index contributed by atoms with van der Waals surface area (Å²) in [6.45, 7) is 3.94. The monoisotopic (exact) mass is 356 g/mol. The SMILES string of the molecule is Cc1cnc(Nc2cc(C3CCC(OC(=O)NC4(C)CC4)C3)[nH]n2)cn1. The van der Waals surface area contributed by atoms with Crippen molar-refractivity contribution in [3.05, 3.63) is 29.8 Å². The molecule has 0 radical (unpaired) electrons. The molecule has 2 aliphatic carbocycles. The van der Waals surface area contributed by atoms with Crippen LogP contribution in [0, 0.1) is 6.92 Å². The Morgan fingerprint density at radius 3 is 2.85 bits per heavy atom. The standard InChI is InChI=1S/C18H24N6O2/c1-11-9-20-16(10-19-11)21-15-8-14(23-24-15)12-3-4-13(7-12)26-17(25)22-18(2)5-6-18/h8-10,12-13H,3-7H2,1-2H3,(H,22,25)(H2,20,21,23,24). The molecule has 0 bridgehead atoms. The maximum absolute atomic E-state index is 12.0. The lowest BCUT2D eigenvalue weighted by Crippen LogP contribution is -2.36. The minimum absolute atomic E-state index is 0.0370. The van der Waals surface area contributed by atoms with E-state index in [0.717, 1.165) is 43.5 Å². The van der Waals surface area contributed by atoms with E-state index in [-0.39, 0.29) is 17.7 Å². The van der Waals surface area contributed by atoms with Crippen molar-refractivity contribution in [2.75, 3.05) is 5.32 Å². The normalized spacial score (nSPS) is 23.5. The van der Waals surface area contributed by atoms with E-state index in [4.69, 9.17) is 4.74 Å². The molecule has 8 nitrogen and oxygen atoms in total. The molecule has 0 aromatic carbocycles. The second-order valence-corrected chi connectivity index (χ2v) is 7.60. The van der Waals surface area contributed by atoms with E-state index < -0.39 is 0 Å². The second kappa shape index (κ2) is 6.59. The van der Waals surface area contributed by atoms with Crippen molar-refractivity contribution in [3.63, 3.8) is 0 Å². The molecular weight excluding hydrogens is 332 g/mol. The third-order valence-electron chi connectivity index (χ3n) is 5.14. The lowest BCUT2D eigenvalue weighted by Gasteiger charge is -2.16. The van der Waals surface area contributed by atoms with Crippen LogP contribution in [0.3, 0.4) is 0 Å². The molecule has 2 aromatic heterocycles. The number of aryl methyl sites for hydroxylation is 1. The topological polar surface area (TPSA) is 105 Å². The van der Waals surface area contributed by atoms with Gasteiger partial charge in [-0.15, -0.1) is 0 Å². The van der Waals surface area contributed by atoms with Crippen LogP contribution in [0.15, 0.2) is 18.5 Å². The van der Waals surface area contributed by atoms with Crippen LogP contribution in [0.1, 0.15) is 56.3 Å². The summed E-state index contributed by atoms with van der Waals surface area (Å²) in [6, 6.07) is 1.99. The zero-order valence-electron chi connectivity index (χ0n) is 15.1. The number of amides is 1. The Morgan fingerprint density at radius 1 is 1.27 bits per heavy atom. The van der Waals surface area contributed by atoms with Gasteiger partial charge in [-0.1, -0.05) is 0 Å². The fourth-order valence-corrected chi connectivity index (χ4v) is 3.27. The quantitative estimate of drug-likeness (QED) is 0.760. The van der Waals surface area contributed by atoms with Gasteiger partial charge in [-0.25, -0.2) is 9.78 Å². The molecule has 3 N–H and O–H groups in total. The maximum atomic E-state index is 12.0. The van der Waals surface area contributed by atoms with Gasteiger partial charge in [0.2, 0.25) is 0 Å². The number of aromatic amines is 1. The number of nitrogens with one attached hydrogen (secondary N) is 3. The van der Waals surface area contributed by atoms with Gasteiger partial charge in [0.1, 0.15) is 11.9 Å². The number of anilines is 2. The smallest absolute Gasteiger partial charge is 0.407 e. The van der Waals surface area contributed by atoms with Crippen LogP contribution in [0.5, 0.6) is 0 Å². The first-order valence-electron chi connectivity index (χ1n) is 9.09. The highest BCUT2D eigenvalue weighted by Crippen LogP contribution is 2.37. The second-order valence-electron chi connectivity index (χ2n) is 7.60. The van der Waals surface area contributed by atoms with Crippen LogP contribution in [-0.4, -0.2) is 37.9 Å². The number of ether oxygens (including phenoxy) is 1. The highest BCUT2D eigenvalue weighted by Gasteiger charge is 2.40. The van der Waals surface area contributed by atoms with E-state index >= 15 is 0 Å². The summed E-state index contributed by atoms with van der Waals surface area (Å²) in [4.78, 5) is 20.4. The Balaban J connectivity index is 1.30. The Bertz CT molecular complexity index is 783. The molecule has 1 amide bonds. The number of nitrogens with zero attached hydrogens (tertiary/aromatic N) is 3. The van der Waals surface area contributed by atoms with Gasteiger partial charge in [-0.05, 0) is 46.0 Å². The van der Waals surface area contributed by atoms with E-state index in [1.54, 1.807) is 12.4 Å². The first-order valence-corrected chi connectivity index (χ1v) is 9.09. The molecule has 26 heavy (non-hydrogen) atoms. The molecular formula is C18H24N6O2. The van der Waals surface area contributed by atoms with E-state index in [9.17, 15) is 4.79 Å². The van der Waals surface area contributed by atoms with Crippen molar-refractivity contribution < 1.29 is 9.53 Å². The zero-order chi connectivity index (χ0) is 18.1. The molecule has 2 heterocycles. The number of aromatic nitrogens is 4. The van der Waals surface area contributed by atoms with E-state index in [1.807, 2.05) is 19.9 Å². The third kappa shape index (κ3) is 3.95. The summed E-state index contributed by atoms with van der Waals surface area (Å²) in [5.74, 6) is 1.69. The number of H-pyrrole nitrogens is 1. The summed E-state index contributed by atoms with van der Waals surface area (Å²) in [5.41, 5.74) is 1.88. The molecule has 2 atom stereocenters. The number of carbonyl (C=O) groups excluding carboxylic acids is 1. The van der Waals surface area contributed by atoms with Crippen molar-refractivity contribution in [2.45, 2.75) is 63.5 Å². The van der Waals surface area contributed by atoms with Gasteiger partial charge in [-0.2, -0.15) is 5.10 Å². The molecule has 2 unspecified atom stereocenters. The van der Waals surface area contributed by atoms with Crippen LogP contribution in [0.2, 0.25) is 0 Å². The Labute approximate surface area is 152 Å². The minimum atomic E-state index is -0.291. The molecule has 2 aliphatic rings. The highest BCUT2D eigenvalue weighted by molar-refractivity contribution is 5.69.